The number of hydrogen-bond acceptors (Lipinski definition) is 5. The number of halogens is 1. The Morgan fingerprint density at radius 3 is 2.44 bits per heavy atom. The maximum atomic E-state index is 13.2. The number of rotatable bonds is 6. The zero-order valence-corrected chi connectivity index (χ0v) is 18.7. The van der Waals surface area contributed by atoms with E-state index in [0.717, 1.165) is 16.8 Å². The van der Waals surface area contributed by atoms with Crippen LogP contribution >= 0.6 is 11.8 Å². The Hall–Kier alpha value is -3.46. The monoisotopic (exact) mass is 451 g/mol. The topological polar surface area (TPSA) is 81.3 Å². The van der Waals surface area contributed by atoms with Crippen molar-refractivity contribution >= 4 is 29.0 Å². The highest BCUT2D eigenvalue weighted by atomic mass is 32.2. The third kappa shape index (κ3) is 4.16. The Morgan fingerprint density at radius 1 is 1.09 bits per heavy atom. The molecule has 0 saturated carbocycles. The molecule has 1 N–H and O–H groups in total. The summed E-state index contributed by atoms with van der Waals surface area (Å²) in [5.41, 5.74) is 3.07. The molecule has 1 atom stereocenters. The van der Waals surface area contributed by atoms with Crippen LogP contribution in [0.1, 0.15) is 24.5 Å². The lowest BCUT2D eigenvalue weighted by molar-refractivity contribution is -0.115. The number of thioether (sulfide) groups is 1. The minimum Gasteiger partial charge on any atom is -0.325 e. The average Bonchev–Trinajstić information content (AvgIpc) is 3.19. The molecule has 0 aliphatic heterocycles. The van der Waals surface area contributed by atoms with Gasteiger partial charge in [-0.1, -0.05) is 36.9 Å². The number of carbonyl (C=O) groups is 1. The number of anilines is 1. The SMILES string of the molecule is CC[C@@H](Sc1nnc2c(=O)n(-c3ccc(F)cc3)ccn12)C(=O)Nc1c(C)cccc1C. The van der Waals surface area contributed by atoms with Crippen LogP contribution in [0, 0.1) is 19.7 Å². The van der Waals surface area contributed by atoms with Gasteiger partial charge in [0.05, 0.1) is 5.25 Å². The van der Waals surface area contributed by atoms with Gasteiger partial charge < -0.3 is 5.32 Å². The summed E-state index contributed by atoms with van der Waals surface area (Å²) in [5.74, 6) is -0.514. The van der Waals surface area contributed by atoms with Crippen molar-refractivity contribution in [2.75, 3.05) is 5.32 Å². The molecule has 0 aliphatic rings. The minimum absolute atomic E-state index is 0.129. The molecule has 0 aliphatic carbocycles. The standard InChI is InChI=1S/C23H22FN5O2S/c1-4-18(21(30)25-19-14(2)6-5-7-15(19)3)32-23-27-26-20-22(31)28(12-13-29(20)23)17-10-8-16(24)9-11-17/h5-13,18H,4H2,1-3H3,(H,25,30)/t18-/m1/s1. The predicted octanol–water partition coefficient (Wildman–Crippen LogP) is 4.15. The molecule has 164 valence electrons. The fourth-order valence-corrected chi connectivity index (χ4v) is 4.35. The zero-order valence-electron chi connectivity index (χ0n) is 17.9. The molecular weight excluding hydrogens is 429 g/mol. The molecule has 9 heteroatoms. The Labute approximate surface area is 188 Å². The van der Waals surface area contributed by atoms with Crippen LogP contribution in [0.4, 0.5) is 10.1 Å². The van der Waals surface area contributed by atoms with Crippen molar-refractivity contribution in [3.8, 4) is 5.69 Å². The van der Waals surface area contributed by atoms with Gasteiger partial charge in [0.25, 0.3) is 0 Å². The first-order chi connectivity index (χ1) is 15.4. The molecule has 2 heterocycles. The highest BCUT2D eigenvalue weighted by Gasteiger charge is 2.23. The van der Waals surface area contributed by atoms with Gasteiger partial charge in [0.2, 0.25) is 11.6 Å². The highest BCUT2D eigenvalue weighted by Crippen LogP contribution is 2.27. The third-order valence-corrected chi connectivity index (χ3v) is 6.51. The van der Waals surface area contributed by atoms with Crippen LogP contribution in [0.2, 0.25) is 0 Å². The molecule has 0 unspecified atom stereocenters. The first-order valence-corrected chi connectivity index (χ1v) is 11.0. The van der Waals surface area contributed by atoms with Gasteiger partial charge in [-0.25, -0.2) is 4.39 Å². The Morgan fingerprint density at radius 2 is 1.78 bits per heavy atom. The van der Waals surface area contributed by atoms with Gasteiger partial charge in [0.1, 0.15) is 5.82 Å². The van der Waals surface area contributed by atoms with Crippen molar-refractivity contribution < 1.29 is 9.18 Å². The average molecular weight is 452 g/mol. The Bertz CT molecular complexity index is 1330. The molecule has 32 heavy (non-hydrogen) atoms. The normalized spacial score (nSPS) is 12.1. The number of aromatic nitrogens is 4. The largest absolute Gasteiger partial charge is 0.325 e. The summed E-state index contributed by atoms with van der Waals surface area (Å²) in [6, 6.07) is 11.5. The summed E-state index contributed by atoms with van der Waals surface area (Å²) in [7, 11) is 0. The molecule has 4 aromatic rings. The first kappa shape index (κ1) is 21.8. The predicted molar refractivity (Wildman–Crippen MR) is 123 cm³/mol. The van der Waals surface area contributed by atoms with E-state index in [1.165, 1.54) is 40.6 Å². The lowest BCUT2D eigenvalue weighted by atomic mass is 10.1. The number of carbonyl (C=O) groups excluding carboxylic acids is 1. The number of para-hydroxylation sites is 1. The van der Waals surface area contributed by atoms with Crippen LogP contribution in [-0.4, -0.2) is 30.3 Å². The van der Waals surface area contributed by atoms with Gasteiger partial charge in [0, 0.05) is 23.8 Å². The molecule has 0 spiro atoms. The second kappa shape index (κ2) is 8.96. The second-order valence-electron chi connectivity index (χ2n) is 7.40. The molecule has 4 rings (SSSR count). The maximum absolute atomic E-state index is 13.2. The van der Waals surface area contributed by atoms with Gasteiger partial charge in [-0.05, 0) is 55.7 Å². The van der Waals surface area contributed by atoms with E-state index in [2.05, 4.69) is 15.5 Å². The second-order valence-corrected chi connectivity index (χ2v) is 8.57. The van der Waals surface area contributed by atoms with E-state index in [9.17, 15) is 14.0 Å². The summed E-state index contributed by atoms with van der Waals surface area (Å²) >= 11 is 1.26. The van der Waals surface area contributed by atoms with Gasteiger partial charge in [-0.15, -0.1) is 10.2 Å². The van der Waals surface area contributed by atoms with E-state index >= 15 is 0 Å². The lowest BCUT2D eigenvalue weighted by Gasteiger charge is -2.16. The van der Waals surface area contributed by atoms with Crippen molar-refractivity contribution in [2.24, 2.45) is 0 Å². The van der Waals surface area contributed by atoms with Crippen LogP contribution in [0.25, 0.3) is 11.3 Å². The zero-order chi connectivity index (χ0) is 22.8. The molecule has 2 aromatic carbocycles. The number of nitrogens with one attached hydrogen (secondary N) is 1. The number of benzene rings is 2. The quantitative estimate of drug-likeness (QED) is 0.446. The van der Waals surface area contributed by atoms with E-state index in [0.29, 0.717) is 17.3 Å². The van der Waals surface area contributed by atoms with E-state index in [4.69, 9.17) is 0 Å². The van der Waals surface area contributed by atoms with Gasteiger partial charge in [-0.2, -0.15) is 0 Å². The minimum atomic E-state index is -0.416. The Kier molecular flexibility index (Phi) is 6.09. The summed E-state index contributed by atoms with van der Waals surface area (Å²) in [6.45, 7) is 5.83. The van der Waals surface area contributed by atoms with Crippen LogP contribution < -0.4 is 10.9 Å². The summed E-state index contributed by atoms with van der Waals surface area (Å²) in [6.07, 6.45) is 3.81. The smallest absolute Gasteiger partial charge is 0.300 e. The highest BCUT2D eigenvalue weighted by molar-refractivity contribution is 8.00. The van der Waals surface area contributed by atoms with Crippen LogP contribution in [0.15, 0.2) is 64.8 Å². The fraction of sp³-hybridized carbons (Fsp3) is 0.217. The van der Waals surface area contributed by atoms with Crippen molar-refractivity contribution in [2.45, 2.75) is 37.6 Å². The molecule has 0 saturated heterocycles. The first-order valence-electron chi connectivity index (χ1n) is 10.1. The van der Waals surface area contributed by atoms with Gasteiger partial charge in [0.15, 0.2) is 5.16 Å². The number of nitrogens with zero attached hydrogens (tertiary/aromatic N) is 4. The van der Waals surface area contributed by atoms with Crippen molar-refractivity contribution in [1.82, 2.24) is 19.2 Å². The van der Waals surface area contributed by atoms with Gasteiger partial charge >= 0.3 is 5.56 Å². The van der Waals surface area contributed by atoms with Crippen LogP contribution in [0.5, 0.6) is 0 Å². The molecule has 7 nitrogen and oxygen atoms in total. The van der Waals surface area contributed by atoms with Crippen molar-refractivity contribution in [1.29, 1.82) is 0 Å². The van der Waals surface area contributed by atoms with Crippen LogP contribution in [0.3, 0.4) is 0 Å². The molecular formula is C23H22FN5O2S. The lowest BCUT2D eigenvalue weighted by Crippen LogP contribution is -2.26. The summed E-state index contributed by atoms with van der Waals surface area (Å²) in [4.78, 5) is 25.8. The Balaban J connectivity index is 1.60. The molecule has 0 radical (unpaired) electrons. The molecule has 1 amide bonds. The molecule has 0 fully saturated rings. The van der Waals surface area contributed by atoms with Gasteiger partial charge in [-0.3, -0.25) is 18.6 Å². The maximum Gasteiger partial charge on any atom is 0.300 e. The number of fused-ring (bicyclic) bond motifs is 1. The number of aryl methyl sites for hydroxylation is 2. The van der Waals surface area contributed by atoms with Crippen LogP contribution in [-0.2, 0) is 4.79 Å². The fourth-order valence-electron chi connectivity index (χ4n) is 3.42. The van der Waals surface area contributed by atoms with E-state index < -0.39 is 5.25 Å². The van der Waals surface area contributed by atoms with E-state index in [1.54, 1.807) is 16.8 Å². The third-order valence-electron chi connectivity index (χ3n) is 5.18. The van der Waals surface area contributed by atoms with E-state index in [-0.39, 0.29) is 22.9 Å². The molecule has 2 aromatic heterocycles. The van der Waals surface area contributed by atoms with Crippen molar-refractivity contribution in [3.63, 3.8) is 0 Å². The summed E-state index contributed by atoms with van der Waals surface area (Å²) < 4.78 is 16.2. The number of amides is 1. The summed E-state index contributed by atoms with van der Waals surface area (Å²) in [5, 5.41) is 11.2. The number of hydrogen-bond donors (Lipinski definition) is 1. The van der Waals surface area contributed by atoms with E-state index in [1.807, 2.05) is 39.0 Å². The van der Waals surface area contributed by atoms with Crippen molar-refractivity contribution in [3.05, 3.63) is 82.2 Å². The molecule has 0 bridgehead atoms.